The molecule has 5 heteroatoms. The van der Waals surface area contributed by atoms with E-state index in [0.29, 0.717) is 33.4 Å². The quantitative estimate of drug-likeness (QED) is 0.362. The molecule has 0 bridgehead atoms. The van der Waals surface area contributed by atoms with Crippen molar-refractivity contribution >= 4 is 37.5 Å². The summed E-state index contributed by atoms with van der Waals surface area (Å²) in [5.74, 6) is 0.0253. The fraction of sp³-hybridized carbons (Fsp3) is 0.130. The smallest absolute Gasteiger partial charge is 0.339 e. The lowest BCUT2D eigenvalue weighted by Crippen LogP contribution is -2.10. The third-order valence-electron chi connectivity index (χ3n) is 4.59. The van der Waals surface area contributed by atoms with Gasteiger partial charge in [0.05, 0.1) is 29.4 Å². The monoisotopic (exact) mass is 390 g/mol. The van der Waals surface area contributed by atoms with Gasteiger partial charge in [0.25, 0.3) is 0 Å². The Hall–Kier alpha value is -3.18. The number of methoxy groups -OCH3 is 1. The normalized spacial score (nSPS) is 10.9. The summed E-state index contributed by atoms with van der Waals surface area (Å²) < 4.78 is 12.3. The van der Waals surface area contributed by atoms with Crippen molar-refractivity contribution in [2.24, 2.45) is 0 Å². The lowest BCUT2D eigenvalue weighted by atomic mass is 10.1. The molecule has 0 radical (unpaired) electrons. The van der Waals surface area contributed by atoms with Gasteiger partial charge in [-0.1, -0.05) is 42.5 Å². The fourth-order valence-corrected chi connectivity index (χ4v) is 4.38. The SMILES string of the molecule is COC(=O)c1ccc(OCCc2ccccc2)c2c(=O)c3ccccc3sc12. The first-order valence-electron chi connectivity index (χ1n) is 8.92. The molecule has 3 aromatic carbocycles. The van der Waals surface area contributed by atoms with E-state index in [1.807, 2.05) is 48.5 Å². The molecular formula is C23H18O4S. The Morgan fingerprint density at radius 2 is 1.71 bits per heavy atom. The predicted octanol–water partition coefficient (Wildman–Crippen LogP) is 4.82. The molecule has 1 heterocycles. The van der Waals surface area contributed by atoms with E-state index in [2.05, 4.69) is 0 Å². The van der Waals surface area contributed by atoms with E-state index in [4.69, 9.17) is 9.47 Å². The van der Waals surface area contributed by atoms with Crippen molar-refractivity contribution in [1.29, 1.82) is 0 Å². The second-order valence-electron chi connectivity index (χ2n) is 6.32. The van der Waals surface area contributed by atoms with Gasteiger partial charge in [-0.05, 0) is 29.8 Å². The summed E-state index contributed by atoms with van der Waals surface area (Å²) in [5.41, 5.74) is 1.40. The van der Waals surface area contributed by atoms with Crippen molar-refractivity contribution in [2.45, 2.75) is 6.42 Å². The Labute approximate surface area is 166 Å². The van der Waals surface area contributed by atoms with Crippen molar-refractivity contribution in [1.82, 2.24) is 0 Å². The van der Waals surface area contributed by atoms with Crippen molar-refractivity contribution < 1.29 is 14.3 Å². The van der Waals surface area contributed by atoms with Crippen LogP contribution >= 0.6 is 11.3 Å². The molecule has 1 aromatic heterocycles. The number of ether oxygens (including phenoxy) is 2. The number of esters is 1. The largest absolute Gasteiger partial charge is 0.492 e. The molecule has 0 amide bonds. The molecule has 4 rings (SSSR count). The highest BCUT2D eigenvalue weighted by molar-refractivity contribution is 7.25. The van der Waals surface area contributed by atoms with Gasteiger partial charge < -0.3 is 9.47 Å². The van der Waals surface area contributed by atoms with Gasteiger partial charge >= 0.3 is 5.97 Å². The first-order chi connectivity index (χ1) is 13.7. The minimum Gasteiger partial charge on any atom is -0.492 e. The van der Waals surface area contributed by atoms with E-state index in [-0.39, 0.29) is 5.43 Å². The van der Waals surface area contributed by atoms with E-state index < -0.39 is 5.97 Å². The fourth-order valence-electron chi connectivity index (χ4n) is 3.19. The first-order valence-corrected chi connectivity index (χ1v) is 9.74. The third kappa shape index (κ3) is 3.37. The molecule has 0 unspecified atom stereocenters. The zero-order valence-electron chi connectivity index (χ0n) is 15.3. The van der Waals surface area contributed by atoms with Crippen molar-refractivity contribution in [3.05, 3.63) is 88.1 Å². The Kier molecular flexibility index (Phi) is 5.08. The van der Waals surface area contributed by atoms with Gasteiger partial charge in [-0.2, -0.15) is 0 Å². The summed E-state index contributed by atoms with van der Waals surface area (Å²) in [6.45, 7) is 0.438. The van der Waals surface area contributed by atoms with Crippen molar-refractivity contribution in [3.8, 4) is 5.75 Å². The van der Waals surface area contributed by atoms with Crippen LogP contribution in [0, 0.1) is 0 Å². The van der Waals surface area contributed by atoms with Crippen LogP contribution in [0.15, 0.2) is 71.5 Å². The summed E-state index contributed by atoms with van der Waals surface area (Å²) in [6, 6.07) is 20.8. The van der Waals surface area contributed by atoms with Crippen LogP contribution in [-0.2, 0) is 11.2 Å². The second-order valence-corrected chi connectivity index (χ2v) is 7.37. The van der Waals surface area contributed by atoms with Crippen LogP contribution in [0.4, 0.5) is 0 Å². The minimum absolute atomic E-state index is 0.134. The van der Waals surface area contributed by atoms with Crippen molar-refractivity contribution in [2.75, 3.05) is 13.7 Å². The highest BCUT2D eigenvalue weighted by Gasteiger charge is 2.18. The Morgan fingerprint density at radius 3 is 2.50 bits per heavy atom. The average molecular weight is 390 g/mol. The maximum atomic E-state index is 13.2. The summed E-state index contributed by atoms with van der Waals surface area (Å²) in [6.07, 6.45) is 0.728. The zero-order valence-corrected chi connectivity index (χ0v) is 16.1. The molecule has 0 aliphatic heterocycles. The van der Waals surface area contributed by atoms with Crippen LogP contribution in [-0.4, -0.2) is 19.7 Å². The molecule has 0 saturated heterocycles. The van der Waals surface area contributed by atoms with Gasteiger partial charge in [0, 0.05) is 16.5 Å². The number of hydrogen-bond acceptors (Lipinski definition) is 5. The molecule has 0 aliphatic rings. The molecule has 0 spiro atoms. The molecule has 4 nitrogen and oxygen atoms in total. The van der Waals surface area contributed by atoms with Crippen LogP contribution in [0.5, 0.6) is 5.75 Å². The topological polar surface area (TPSA) is 52.6 Å². The molecule has 0 aliphatic carbocycles. The van der Waals surface area contributed by atoms with Crippen LogP contribution in [0.1, 0.15) is 15.9 Å². The molecule has 0 fully saturated rings. The highest BCUT2D eigenvalue weighted by atomic mass is 32.1. The first kappa shape index (κ1) is 18.2. The summed E-state index contributed by atoms with van der Waals surface area (Å²) in [4.78, 5) is 25.4. The second kappa shape index (κ2) is 7.82. The molecule has 0 N–H and O–H groups in total. The third-order valence-corrected chi connectivity index (χ3v) is 5.79. The van der Waals surface area contributed by atoms with Gasteiger partial charge in [-0.15, -0.1) is 11.3 Å². The summed E-state index contributed by atoms with van der Waals surface area (Å²) in [5, 5.41) is 1.05. The van der Waals surface area contributed by atoms with Crippen LogP contribution < -0.4 is 10.2 Å². The van der Waals surface area contributed by atoms with Crippen LogP contribution in [0.2, 0.25) is 0 Å². The van der Waals surface area contributed by atoms with E-state index in [9.17, 15) is 9.59 Å². The molecule has 0 saturated carbocycles. The molecule has 140 valence electrons. The zero-order chi connectivity index (χ0) is 19.5. The maximum absolute atomic E-state index is 13.2. The van der Waals surface area contributed by atoms with E-state index in [1.165, 1.54) is 18.4 Å². The lowest BCUT2D eigenvalue weighted by molar-refractivity contribution is 0.0603. The van der Waals surface area contributed by atoms with Gasteiger partial charge in [0.1, 0.15) is 5.75 Å². The minimum atomic E-state index is -0.466. The standard InChI is InChI=1S/C23H18O4S/c1-26-23(25)17-11-12-18(27-14-13-15-7-3-2-4-8-15)20-21(24)16-9-5-6-10-19(16)28-22(17)20/h2-12H,13-14H2,1H3. The van der Waals surface area contributed by atoms with E-state index >= 15 is 0 Å². The van der Waals surface area contributed by atoms with Gasteiger partial charge in [0.2, 0.25) is 0 Å². The maximum Gasteiger partial charge on any atom is 0.339 e. The predicted molar refractivity (Wildman–Crippen MR) is 113 cm³/mol. The average Bonchev–Trinajstić information content (AvgIpc) is 2.74. The lowest BCUT2D eigenvalue weighted by Gasteiger charge is -2.12. The number of carbonyl (C=O) groups excluding carboxylic acids is 1. The van der Waals surface area contributed by atoms with Gasteiger partial charge in [-0.3, -0.25) is 4.79 Å². The summed E-state index contributed by atoms with van der Waals surface area (Å²) >= 11 is 1.40. The summed E-state index contributed by atoms with van der Waals surface area (Å²) in [7, 11) is 1.34. The molecule has 0 atom stereocenters. The van der Waals surface area contributed by atoms with Gasteiger partial charge in [-0.25, -0.2) is 4.79 Å². The molecular weight excluding hydrogens is 372 g/mol. The van der Waals surface area contributed by atoms with Gasteiger partial charge in [0.15, 0.2) is 5.43 Å². The Balaban J connectivity index is 1.81. The molecule has 28 heavy (non-hydrogen) atoms. The Bertz CT molecular complexity index is 1210. The van der Waals surface area contributed by atoms with Crippen LogP contribution in [0.3, 0.4) is 0 Å². The van der Waals surface area contributed by atoms with E-state index in [1.54, 1.807) is 18.2 Å². The number of fused-ring (bicyclic) bond motifs is 2. The number of hydrogen-bond donors (Lipinski definition) is 0. The highest BCUT2D eigenvalue weighted by Crippen LogP contribution is 2.33. The van der Waals surface area contributed by atoms with E-state index in [0.717, 1.165) is 16.7 Å². The number of carbonyl (C=O) groups is 1. The molecule has 4 aromatic rings. The van der Waals surface area contributed by atoms with Crippen LogP contribution in [0.25, 0.3) is 20.2 Å². The number of benzene rings is 3. The number of rotatable bonds is 5. The van der Waals surface area contributed by atoms with Crippen molar-refractivity contribution in [3.63, 3.8) is 0 Å². The Morgan fingerprint density at radius 1 is 0.964 bits per heavy atom.